The molecule has 0 aliphatic heterocycles. The Morgan fingerprint density at radius 3 is 2.75 bits per heavy atom. The Bertz CT molecular complexity index is 388. The molecule has 88 valence electrons. The maximum absolute atomic E-state index is 6.45. The van der Waals surface area contributed by atoms with Gasteiger partial charge in [-0.2, -0.15) is 0 Å². The lowest BCUT2D eigenvalue weighted by molar-refractivity contribution is 0.407. The summed E-state index contributed by atoms with van der Waals surface area (Å²) < 4.78 is 6.50. The standard InChI is InChI=1S/C13H16BrClO/c1-8-5-13(16-2)10(7-11(8)14)12(15)6-9-3-4-9/h5,7,9,12H,3-4,6H2,1-2H3. The third-order valence-electron chi connectivity index (χ3n) is 3.09. The molecule has 0 heterocycles. The van der Waals surface area contributed by atoms with Crippen molar-refractivity contribution in [2.24, 2.45) is 5.92 Å². The molecule has 1 aliphatic carbocycles. The predicted octanol–water partition coefficient (Wildman–Crippen LogP) is 4.85. The van der Waals surface area contributed by atoms with Crippen LogP contribution in [0.25, 0.3) is 0 Å². The van der Waals surface area contributed by atoms with E-state index in [4.69, 9.17) is 16.3 Å². The molecule has 1 aromatic carbocycles. The molecule has 16 heavy (non-hydrogen) atoms. The van der Waals surface area contributed by atoms with E-state index in [1.807, 2.05) is 6.07 Å². The molecular formula is C13H16BrClO. The van der Waals surface area contributed by atoms with E-state index in [0.717, 1.165) is 28.1 Å². The van der Waals surface area contributed by atoms with Crippen LogP contribution in [0.15, 0.2) is 16.6 Å². The molecule has 1 aromatic rings. The first kappa shape index (κ1) is 12.3. The monoisotopic (exact) mass is 302 g/mol. The molecular weight excluding hydrogens is 287 g/mol. The van der Waals surface area contributed by atoms with Gasteiger partial charge in [0, 0.05) is 10.0 Å². The van der Waals surface area contributed by atoms with Gasteiger partial charge in [-0.05, 0) is 37.0 Å². The van der Waals surface area contributed by atoms with Crippen LogP contribution >= 0.6 is 27.5 Å². The minimum Gasteiger partial charge on any atom is -0.496 e. The zero-order valence-corrected chi connectivity index (χ0v) is 11.9. The van der Waals surface area contributed by atoms with Crippen molar-refractivity contribution in [3.63, 3.8) is 0 Å². The Labute approximate surface area is 110 Å². The van der Waals surface area contributed by atoms with Crippen molar-refractivity contribution in [3.8, 4) is 5.75 Å². The van der Waals surface area contributed by atoms with Gasteiger partial charge in [-0.25, -0.2) is 0 Å². The van der Waals surface area contributed by atoms with Crippen molar-refractivity contribution in [2.45, 2.75) is 31.6 Å². The molecule has 0 aromatic heterocycles. The molecule has 0 saturated heterocycles. The Balaban J connectivity index is 2.25. The molecule has 1 atom stereocenters. The molecule has 1 saturated carbocycles. The Morgan fingerprint density at radius 2 is 2.19 bits per heavy atom. The average molecular weight is 304 g/mol. The van der Waals surface area contributed by atoms with Crippen molar-refractivity contribution in [1.82, 2.24) is 0 Å². The van der Waals surface area contributed by atoms with Crippen molar-refractivity contribution in [3.05, 3.63) is 27.7 Å². The Morgan fingerprint density at radius 1 is 1.50 bits per heavy atom. The highest BCUT2D eigenvalue weighted by atomic mass is 79.9. The van der Waals surface area contributed by atoms with Crippen molar-refractivity contribution in [1.29, 1.82) is 0 Å². The number of rotatable bonds is 4. The molecule has 2 rings (SSSR count). The Kier molecular flexibility index (Phi) is 3.81. The SMILES string of the molecule is COc1cc(C)c(Br)cc1C(Cl)CC1CC1. The zero-order chi connectivity index (χ0) is 11.7. The van der Waals surface area contributed by atoms with Crippen LogP contribution in [0.4, 0.5) is 0 Å². The van der Waals surface area contributed by atoms with Gasteiger partial charge >= 0.3 is 0 Å². The smallest absolute Gasteiger partial charge is 0.123 e. The van der Waals surface area contributed by atoms with Gasteiger partial charge < -0.3 is 4.74 Å². The second kappa shape index (κ2) is 4.97. The molecule has 3 heteroatoms. The maximum atomic E-state index is 6.45. The van der Waals surface area contributed by atoms with E-state index in [1.54, 1.807) is 7.11 Å². The minimum atomic E-state index is 0.0688. The fourth-order valence-corrected chi connectivity index (χ4v) is 2.65. The van der Waals surface area contributed by atoms with Gasteiger partial charge in [0.2, 0.25) is 0 Å². The van der Waals surface area contributed by atoms with E-state index < -0.39 is 0 Å². The van der Waals surface area contributed by atoms with E-state index in [1.165, 1.54) is 18.4 Å². The minimum absolute atomic E-state index is 0.0688. The summed E-state index contributed by atoms with van der Waals surface area (Å²) in [5, 5.41) is 0.0688. The van der Waals surface area contributed by atoms with Crippen LogP contribution in [0.3, 0.4) is 0 Å². The first-order valence-corrected chi connectivity index (χ1v) is 6.83. The van der Waals surface area contributed by atoms with Crippen LogP contribution in [0.5, 0.6) is 5.75 Å². The third-order valence-corrected chi connectivity index (χ3v) is 4.35. The summed E-state index contributed by atoms with van der Waals surface area (Å²) in [6.07, 6.45) is 3.73. The summed E-state index contributed by atoms with van der Waals surface area (Å²) >= 11 is 9.99. The predicted molar refractivity (Wildman–Crippen MR) is 71.4 cm³/mol. The molecule has 1 nitrogen and oxygen atoms in total. The highest BCUT2D eigenvalue weighted by Gasteiger charge is 2.26. The van der Waals surface area contributed by atoms with E-state index >= 15 is 0 Å². The molecule has 1 unspecified atom stereocenters. The van der Waals surface area contributed by atoms with Crippen LogP contribution in [-0.2, 0) is 0 Å². The molecule has 0 amide bonds. The van der Waals surface area contributed by atoms with Crippen LogP contribution in [0, 0.1) is 12.8 Å². The summed E-state index contributed by atoms with van der Waals surface area (Å²) in [6.45, 7) is 2.06. The molecule has 0 bridgehead atoms. The number of ether oxygens (including phenoxy) is 1. The summed E-state index contributed by atoms with van der Waals surface area (Å²) in [7, 11) is 1.70. The van der Waals surface area contributed by atoms with E-state index in [0.29, 0.717) is 0 Å². The van der Waals surface area contributed by atoms with Crippen LogP contribution in [-0.4, -0.2) is 7.11 Å². The number of halogens is 2. The van der Waals surface area contributed by atoms with Crippen molar-refractivity contribution in [2.75, 3.05) is 7.11 Å². The van der Waals surface area contributed by atoms with Gasteiger partial charge in [0.25, 0.3) is 0 Å². The van der Waals surface area contributed by atoms with Crippen LogP contribution in [0.2, 0.25) is 0 Å². The fourth-order valence-electron chi connectivity index (χ4n) is 1.87. The van der Waals surface area contributed by atoms with Crippen molar-refractivity contribution >= 4 is 27.5 Å². The molecule has 0 spiro atoms. The lowest BCUT2D eigenvalue weighted by Gasteiger charge is -2.15. The highest BCUT2D eigenvalue weighted by Crippen LogP contribution is 2.43. The largest absolute Gasteiger partial charge is 0.496 e. The number of methoxy groups -OCH3 is 1. The average Bonchev–Trinajstić information content (AvgIpc) is 3.05. The summed E-state index contributed by atoms with van der Waals surface area (Å²) in [6, 6.07) is 4.13. The van der Waals surface area contributed by atoms with Gasteiger partial charge in [0.1, 0.15) is 5.75 Å². The van der Waals surface area contributed by atoms with Crippen LogP contribution in [0.1, 0.15) is 35.8 Å². The number of hydrogen-bond donors (Lipinski definition) is 0. The molecule has 1 aliphatic rings. The van der Waals surface area contributed by atoms with Gasteiger partial charge in [0.15, 0.2) is 0 Å². The summed E-state index contributed by atoms with van der Waals surface area (Å²) in [4.78, 5) is 0. The number of aryl methyl sites for hydroxylation is 1. The summed E-state index contributed by atoms with van der Waals surface area (Å²) in [5.41, 5.74) is 2.28. The zero-order valence-electron chi connectivity index (χ0n) is 9.59. The second-order valence-corrected chi connectivity index (χ2v) is 5.87. The number of benzene rings is 1. The van der Waals surface area contributed by atoms with E-state index in [2.05, 4.69) is 28.9 Å². The Hall–Kier alpha value is -0.210. The maximum Gasteiger partial charge on any atom is 0.123 e. The molecule has 0 radical (unpaired) electrons. The lowest BCUT2D eigenvalue weighted by Crippen LogP contribution is -1.98. The first-order chi connectivity index (χ1) is 7.61. The topological polar surface area (TPSA) is 9.23 Å². The lowest BCUT2D eigenvalue weighted by atomic mass is 10.0. The highest BCUT2D eigenvalue weighted by molar-refractivity contribution is 9.10. The quantitative estimate of drug-likeness (QED) is 0.723. The normalized spacial score (nSPS) is 17.2. The van der Waals surface area contributed by atoms with Gasteiger partial charge in [-0.3, -0.25) is 0 Å². The first-order valence-electron chi connectivity index (χ1n) is 5.60. The number of alkyl halides is 1. The molecule has 1 fully saturated rings. The number of hydrogen-bond acceptors (Lipinski definition) is 1. The molecule has 0 N–H and O–H groups in total. The van der Waals surface area contributed by atoms with Crippen LogP contribution < -0.4 is 4.74 Å². The van der Waals surface area contributed by atoms with Gasteiger partial charge in [-0.1, -0.05) is 28.8 Å². The van der Waals surface area contributed by atoms with E-state index in [9.17, 15) is 0 Å². The van der Waals surface area contributed by atoms with Gasteiger partial charge in [0.05, 0.1) is 12.5 Å². The fraction of sp³-hybridized carbons (Fsp3) is 0.538. The van der Waals surface area contributed by atoms with Crippen molar-refractivity contribution < 1.29 is 4.74 Å². The summed E-state index contributed by atoms with van der Waals surface area (Å²) in [5.74, 6) is 1.73. The third kappa shape index (κ3) is 2.72. The second-order valence-electron chi connectivity index (χ2n) is 4.49. The van der Waals surface area contributed by atoms with E-state index in [-0.39, 0.29) is 5.38 Å². The van der Waals surface area contributed by atoms with Gasteiger partial charge in [-0.15, -0.1) is 11.6 Å².